The van der Waals surface area contributed by atoms with Crippen LogP contribution in [-0.4, -0.2) is 29.6 Å². The van der Waals surface area contributed by atoms with Crippen LogP contribution in [0, 0.1) is 11.8 Å². The van der Waals surface area contributed by atoms with Gasteiger partial charge in [0.05, 0.1) is 12.1 Å². The molecule has 21 heavy (non-hydrogen) atoms. The molecule has 0 aliphatic rings. The van der Waals surface area contributed by atoms with Crippen LogP contribution in [-0.2, 0) is 6.54 Å². The molecule has 3 nitrogen and oxygen atoms in total. The molecular weight excluding hydrogens is 262 g/mol. The van der Waals surface area contributed by atoms with Crippen molar-refractivity contribution in [3.8, 4) is 11.8 Å². The molecule has 0 saturated heterocycles. The van der Waals surface area contributed by atoms with Gasteiger partial charge in [0.1, 0.15) is 0 Å². The molecule has 2 aromatic carbocycles. The van der Waals surface area contributed by atoms with Crippen LogP contribution < -0.4 is 0 Å². The molecule has 106 valence electrons. The largest absolute Gasteiger partial charge is 0.478 e. The summed E-state index contributed by atoms with van der Waals surface area (Å²) in [6, 6.07) is 16.8. The highest BCUT2D eigenvalue weighted by Gasteiger charge is 2.03. The van der Waals surface area contributed by atoms with Crippen molar-refractivity contribution in [3.05, 3.63) is 71.3 Å². The maximum absolute atomic E-state index is 10.8. The number of hydrogen-bond acceptors (Lipinski definition) is 2. The Balaban J connectivity index is 1.88. The van der Waals surface area contributed by atoms with E-state index in [0.717, 1.165) is 17.7 Å². The maximum Gasteiger partial charge on any atom is 0.335 e. The van der Waals surface area contributed by atoms with E-state index in [0.29, 0.717) is 12.1 Å². The molecule has 0 radical (unpaired) electrons. The Morgan fingerprint density at radius 3 is 2.38 bits per heavy atom. The summed E-state index contributed by atoms with van der Waals surface area (Å²) in [6.07, 6.45) is 0. The molecule has 0 amide bonds. The van der Waals surface area contributed by atoms with Crippen LogP contribution >= 0.6 is 0 Å². The number of benzene rings is 2. The first-order chi connectivity index (χ1) is 10.1. The highest BCUT2D eigenvalue weighted by atomic mass is 16.4. The second-order valence-corrected chi connectivity index (χ2v) is 4.84. The first-order valence-corrected chi connectivity index (χ1v) is 6.70. The third kappa shape index (κ3) is 4.79. The van der Waals surface area contributed by atoms with Crippen molar-refractivity contribution in [1.29, 1.82) is 0 Å². The smallest absolute Gasteiger partial charge is 0.335 e. The quantitative estimate of drug-likeness (QED) is 0.875. The average molecular weight is 279 g/mol. The zero-order chi connectivity index (χ0) is 15.1. The number of carbonyl (C=O) groups is 1. The van der Waals surface area contributed by atoms with Crippen molar-refractivity contribution in [2.75, 3.05) is 13.6 Å². The monoisotopic (exact) mass is 279 g/mol. The highest BCUT2D eigenvalue weighted by Crippen LogP contribution is 2.06. The standard InChI is InChI=1S/C18H17NO2/c1-19(13-5-8-15-6-3-2-4-7-15)14-16-9-11-17(12-10-16)18(20)21/h2-4,6-7,9-12H,13-14H2,1H3,(H,20,21). The summed E-state index contributed by atoms with van der Waals surface area (Å²) in [7, 11) is 1.99. The van der Waals surface area contributed by atoms with Gasteiger partial charge in [-0.1, -0.05) is 42.2 Å². The first kappa shape index (κ1) is 14.8. The Hall–Kier alpha value is -2.57. The van der Waals surface area contributed by atoms with Gasteiger partial charge in [0.2, 0.25) is 0 Å². The van der Waals surface area contributed by atoms with Crippen LogP contribution in [0.5, 0.6) is 0 Å². The molecule has 0 aromatic heterocycles. The molecule has 0 spiro atoms. The van der Waals surface area contributed by atoms with E-state index in [2.05, 4.69) is 16.7 Å². The molecule has 0 bridgehead atoms. The van der Waals surface area contributed by atoms with Gasteiger partial charge >= 0.3 is 5.97 Å². The Bertz CT molecular complexity index is 651. The van der Waals surface area contributed by atoms with E-state index in [1.54, 1.807) is 12.1 Å². The first-order valence-electron chi connectivity index (χ1n) is 6.70. The fraction of sp³-hybridized carbons (Fsp3) is 0.167. The summed E-state index contributed by atoms with van der Waals surface area (Å²) in [5.74, 6) is 5.35. The normalized spacial score (nSPS) is 10.0. The lowest BCUT2D eigenvalue weighted by Crippen LogP contribution is -2.18. The van der Waals surface area contributed by atoms with E-state index >= 15 is 0 Å². The van der Waals surface area contributed by atoms with Crippen molar-refractivity contribution in [1.82, 2.24) is 4.90 Å². The lowest BCUT2D eigenvalue weighted by atomic mass is 10.1. The van der Waals surface area contributed by atoms with Gasteiger partial charge in [0, 0.05) is 12.1 Å². The van der Waals surface area contributed by atoms with Gasteiger partial charge in [0.15, 0.2) is 0 Å². The zero-order valence-corrected chi connectivity index (χ0v) is 11.9. The third-order valence-electron chi connectivity index (χ3n) is 3.01. The molecule has 2 aromatic rings. The topological polar surface area (TPSA) is 40.5 Å². The fourth-order valence-corrected chi connectivity index (χ4v) is 1.92. The predicted molar refractivity (Wildman–Crippen MR) is 83.1 cm³/mol. The van der Waals surface area contributed by atoms with Crippen molar-refractivity contribution in [3.63, 3.8) is 0 Å². The number of rotatable bonds is 4. The van der Waals surface area contributed by atoms with Gasteiger partial charge in [0.25, 0.3) is 0 Å². The molecular formula is C18H17NO2. The minimum absolute atomic E-state index is 0.310. The summed E-state index contributed by atoms with van der Waals surface area (Å²) < 4.78 is 0. The van der Waals surface area contributed by atoms with E-state index in [4.69, 9.17) is 5.11 Å². The van der Waals surface area contributed by atoms with Crippen molar-refractivity contribution >= 4 is 5.97 Å². The number of carboxylic acids is 1. The SMILES string of the molecule is CN(CC#Cc1ccccc1)Cc1ccc(C(=O)O)cc1. The molecule has 0 aliphatic carbocycles. The number of aromatic carboxylic acids is 1. The van der Waals surface area contributed by atoms with E-state index in [1.165, 1.54) is 0 Å². The summed E-state index contributed by atoms with van der Waals surface area (Å²) in [5, 5.41) is 8.85. The highest BCUT2D eigenvalue weighted by molar-refractivity contribution is 5.87. The zero-order valence-electron chi connectivity index (χ0n) is 11.9. The van der Waals surface area contributed by atoms with E-state index in [1.807, 2.05) is 49.5 Å². The maximum atomic E-state index is 10.8. The van der Waals surface area contributed by atoms with E-state index in [9.17, 15) is 4.79 Å². The molecule has 0 heterocycles. The molecule has 0 unspecified atom stereocenters. The van der Waals surface area contributed by atoms with Crippen LogP contribution in [0.1, 0.15) is 21.5 Å². The van der Waals surface area contributed by atoms with Crippen LogP contribution in [0.2, 0.25) is 0 Å². The average Bonchev–Trinajstić information content (AvgIpc) is 2.49. The van der Waals surface area contributed by atoms with E-state index < -0.39 is 5.97 Å². The van der Waals surface area contributed by atoms with Gasteiger partial charge in [-0.2, -0.15) is 0 Å². The summed E-state index contributed by atoms with van der Waals surface area (Å²) >= 11 is 0. The second-order valence-electron chi connectivity index (χ2n) is 4.84. The van der Waals surface area contributed by atoms with Gasteiger partial charge < -0.3 is 5.11 Å². The Morgan fingerprint density at radius 2 is 1.76 bits per heavy atom. The Kier molecular flexibility index (Phi) is 5.14. The predicted octanol–water partition coefficient (Wildman–Crippen LogP) is 2.87. The van der Waals surface area contributed by atoms with Gasteiger partial charge in [-0.05, 0) is 36.9 Å². The fourth-order valence-electron chi connectivity index (χ4n) is 1.92. The van der Waals surface area contributed by atoms with Gasteiger partial charge in [-0.3, -0.25) is 4.90 Å². The Labute approximate surface area is 124 Å². The third-order valence-corrected chi connectivity index (χ3v) is 3.01. The van der Waals surface area contributed by atoms with Crippen LogP contribution in [0.25, 0.3) is 0 Å². The molecule has 2 rings (SSSR count). The van der Waals surface area contributed by atoms with Crippen LogP contribution in [0.15, 0.2) is 54.6 Å². The van der Waals surface area contributed by atoms with Gasteiger partial charge in [-0.25, -0.2) is 4.79 Å². The lowest BCUT2D eigenvalue weighted by molar-refractivity contribution is 0.0697. The molecule has 0 fully saturated rings. The number of carboxylic acid groups (broad SMARTS) is 1. The number of nitrogens with zero attached hydrogens (tertiary/aromatic N) is 1. The van der Waals surface area contributed by atoms with Crippen molar-refractivity contribution in [2.45, 2.75) is 6.54 Å². The van der Waals surface area contributed by atoms with Gasteiger partial charge in [-0.15, -0.1) is 0 Å². The van der Waals surface area contributed by atoms with Crippen molar-refractivity contribution < 1.29 is 9.90 Å². The molecule has 3 heteroatoms. The Morgan fingerprint density at radius 1 is 1.10 bits per heavy atom. The van der Waals surface area contributed by atoms with Crippen molar-refractivity contribution in [2.24, 2.45) is 0 Å². The minimum Gasteiger partial charge on any atom is -0.478 e. The summed E-state index contributed by atoms with van der Waals surface area (Å²) in [4.78, 5) is 12.9. The number of hydrogen-bond donors (Lipinski definition) is 1. The van der Waals surface area contributed by atoms with Crippen LogP contribution in [0.4, 0.5) is 0 Å². The second kappa shape index (κ2) is 7.28. The molecule has 0 aliphatic heterocycles. The van der Waals surface area contributed by atoms with E-state index in [-0.39, 0.29) is 0 Å². The minimum atomic E-state index is -0.899. The summed E-state index contributed by atoms with van der Waals surface area (Å²) in [6.45, 7) is 1.40. The molecule has 0 saturated carbocycles. The molecule has 1 N–H and O–H groups in total. The molecule has 0 atom stereocenters. The van der Waals surface area contributed by atoms with Crippen LogP contribution in [0.3, 0.4) is 0 Å². The lowest BCUT2D eigenvalue weighted by Gasteiger charge is -2.13. The summed E-state index contributed by atoms with van der Waals surface area (Å²) in [5.41, 5.74) is 2.39.